The van der Waals surface area contributed by atoms with Gasteiger partial charge >= 0.3 is 0 Å². The van der Waals surface area contributed by atoms with Crippen molar-refractivity contribution in [1.29, 1.82) is 0 Å². The molecule has 2 aromatic heterocycles. The lowest BCUT2D eigenvalue weighted by Crippen LogP contribution is -2.48. The fourth-order valence-electron chi connectivity index (χ4n) is 5.14. The van der Waals surface area contributed by atoms with Crippen molar-refractivity contribution in [3.05, 3.63) is 82.2 Å². The molecule has 5 rings (SSSR count). The number of anilines is 2. The zero-order valence-electron chi connectivity index (χ0n) is 22.9. The summed E-state index contributed by atoms with van der Waals surface area (Å²) in [5.74, 6) is 0.621. The number of hydrogen-bond donors (Lipinski definition) is 2. The van der Waals surface area contributed by atoms with Gasteiger partial charge in [0.15, 0.2) is 0 Å². The zero-order valence-corrected chi connectivity index (χ0v) is 24.5. The number of aromatic amines is 1. The highest BCUT2D eigenvalue weighted by molar-refractivity contribution is 6.42. The number of piperazine rings is 1. The number of benzene rings is 2. The number of rotatable bonds is 10. The third kappa shape index (κ3) is 7.16. The second-order valence-corrected chi connectivity index (χ2v) is 10.9. The van der Waals surface area contributed by atoms with E-state index in [1.54, 1.807) is 0 Å². The molecule has 9 nitrogen and oxygen atoms in total. The molecule has 11 heteroatoms. The molecular formula is C30H33Cl2N7O2. The fourth-order valence-corrected chi connectivity index (χ4v) is 5.46. The maximum atomic E-state index is 13.5. The summed E-state index contributed by atoms with van der Waals surface area (Å²) in [6, 6.07) is 15.3. The van der Waals surface area contributed by atoms with Crippen molar-refractivity contribution in [2.24, 2.45) is 0 Å². The Balaban J connectivity index is 1.22. The average molecular weight is 595 g/mol. The van der Waals surface area contributed by atoms with Crippen LogP contribution in [0.5, 0.6) is 0 Å². The summed E-state index contributed by atoms with van der Waals surface area (Å²) in [7, 11) is 0. The Morgan fingerprint density at radius 3 is 2.63 bits per heavy atom. The molecule has 2 N–H and O–H groups in total. The van der Waals surface area contributed by atoms with Crippen molar-refractivity contribution < 1.29 is 9.59 Å². The highest BCUT2D eigenvalue weighted by Gasteiger charge is 2.23. The number of aryl methyl sites for hydroxylation is 1. The molecule has 214 valence electrons. The van der Waals surface area contributed by atoms with Gasteiger partial charge in [-0.15, -0.1) is 0 Å². The van der Waals surface area contributed by atoms with E-state index in [1.807, 2.05) is 64.5 Å². The van der Waals surface area contributed by atoms with E-state index in [1.165, 1.54) is 18.8 Å². The molecule has 1 aliphatic rings. The molecule has 2 aromatic carbocycles. The average Bonchev–Trinajstić information content (AvgIpc) is 3.47. The maximum absolute atomic E-state index is 13.5. The van der Waals surface area contributed by atoms with Crippen molar-refractivity contribution in [2.45, 2.75) is 19.8 Å². The molecule has 0 spiro atoms. The van der Waals surface area contributed by atoms with Crippen LogP contribution in [-0.2, 0) is 11.2 Å². The van der Waals surface area contributed by atoms with Gasteiger partial charge in [0.25, 0.3) is 5.91 Å². The van der Waals surface area contributed by atoms with E-state index in [0.29, 0.717) is 47.6 Å². The van der Waals surface area contributed by atoms with Crippen LogP contribution >= 0.6 is 23.2 Å². The Kier molecular flexibility index (Phi) is 9.38. The third-order valence-corrected chi connectivity index (χ3v) is 8.03. The van der Waals surface area contributed by atoms with Crippen LogP contribution in [0.2, 0.25) is 10.0 Å². The molecule has 0 saturated carbocycles. The standard InChI is InChI=1S/C30H33Cl2N7O2/c1-21(40)33-11-13-39(29-25-9-10-34-28(25)35-20-36-29)24-6-2-5-23(19-24)30(41)38-16-14-37(15-17-38)12-3-4-22-7-8-26(31)27(32)18-22/h2,5-10,18-20H,3-4,11-17H2,1H3,(H,33,40)(H,34,35,36). The van der Waals surface area contributed by atoms with Gasteiger partial charge in [-0.25, -0.2) is 9.97 Å². The molecule has 41 heavy (non-hydrogen) atoms. The van der Waals surface area contributed by atoms with Gasteiger partial charge in [-0.05, 0) is 61.3 Å². The lowest BCUT2D eigenvalue weighted by atomic mass is 10.1. The Hall–Kier alpha value is -3.66. The van der Waals surface area contributed by atoms with Crippen LogP contribution in [0.1, 0.15) is 29.3 Å². The maximum Gasteiger partial charge on any atom is 0.254 e. The monoisotopic (exact) mass is 593 g/mol. The SMILES string of the molecule is CC(=O)NCCN(c1cccc(C(=O)N2CCN(CCCc3ccc(Cl)c(Cl)c3)CC2)c1)c1ncnc2[nH]ccc12. The molecule has 0 atom stereocenters. The van der Waals surface area contributed by atoms with Crippen LogP contribution in [-0.4, -0.2) is 82.4 Å². The number of carbonyl (C=O) groups is 2. The number of halogens is 2. The van der Waals surface area contributed by atoms with Crippen LogP contribution in [0, 0.1) is 0 Å². The lowest BCUT2D eigenvalue weighted by molar-refractivity contribution is -0.118. The smallest absolute Gasteiger partial charge is 0.254 e. The van der Waals surface area contributed by atoms with Gasteiger partial charge in [-0.2, -0.15) is 0 Å². The second-order valence-electron chi connectivity index (χ2n) is 10.1. The van der Waals surface area contributed by atoms with Crippen LogP contribution in [0.3, 0.4) is 0 Å². The Morgan fingerprint density at radius 1 is 1.02 bits per heavy atom. The van der Waals surface area contributed by atoms with Crippen molar-refractivity contribution in [1.82, 2.24) is 30.1 Å². The van der Waals surface area contributed by atoms with E-state index in [-0.39, 0.29) is 11.8 Å². The first-order valence-electron chi connectivity index (χ1n) is 13.7. The number of hydrogen-bond acceptors (Lipinski definition) is 6. The summed E-state index contributed by atoms with van der Waals surface area (Å²) in [5, 5.41) is 4.88. The highest BCUT2D eigenvalue weighted by atomic mass is 35.5. The van der Waals surface area contributed by atoms with Crippen LogP contribution in [0.15, 0.2) is 61.1 Å². The molecule has 3 heterocycles. The quantitative estimate of drug-likeness (QED) is 0.270. The first-order chi connectivity index (χ1) is 19.9. The predicted molar refractivity (Wildman–Crippen MR) is 163 cm³/mol. The zero-order chi connectivity index (χ0) is 28.8. The van der Waals surface area contributed by atoms with Crippen molar-refractivity contribution >= 4 is 57.6 Å². The van der Waals surface area contributed by atoms with E-state index in [9.17, 15) is 9.59 Å². The van der Waals surface area contributed by atoms with E-state index in [2.05, 4.69) is 25.2 Å². The summed E-state index contributed by atoms with van der Waals surface area (Å²) >= 11 is 12.2. The molecule has 0 unspecified atom stereocenters. The topological polar surface area (TPSA) is 97.5 Å². The summed E-state index contributed by atoms with van der Waals surface area (Å²) in [6.45, 7) is 6.40. The number of aromatic nitrogens is 3. The summed E-state index contributed by atoms with van der Waals surface area (Å²) < 4.78 is 0. The molecule has 0 bridgehead atoms. The molecular weight excluding hydrogens is 561 g/mol. The third-order valence-electron chi connectivity index (χ3n) is 7.29. The minimum atomic E-state index is -0.100. The number of amides is 2. The van der Waals surface area contributed by atoms with Gasteiger partial charge in [0.1, 0.15) is 17.8 Å². The molecule has 4 aromatic rings. The fraction of sp³-hybridized carbons (Fsp3) is 0.333. The summed E-state index contributed by atoms with van der Waals surface area (Å²) in [5.41, 5.74) is 3.35. The molecule has 1 aliphatic heterocycles. The minimum Gasteiger partial charge on any atom is -0.355 e. The number of nitrogens with one attached hydrogen (secondary N) is 2. The lowest BCUT2D eigenvalue weighted by Gasteiger charge is -2.35. The Morgan fingerprint density at radius 2 is 1.85 bits per heavy atom. The molecule has 2 amide bonds. The number of fused-ring (bicyclic) bond motifs is 1. The van der Waals surface area contributed by atoms with Crippen molar-refractivity contribution in [2.75, 3.05) is 50.7 Å². The normalized spacial score (nSPS) is 13.9. The van der Waals surface area contributed by atoms with E-state index in [4.69, 9.17) is 23.2 Å². The number of nitrogens with zero attached hydrogens (tertiary/aromatic N) is 5. The number of H-pyrrole nitrogens is 1. The van der Waals surface area contributed by atoms with Crippen LogP contribution in [0.4, 0.5) is 11.5 Å². The molecule has 1 fully saturated rings. The molecule has 0 radical (unpaired) electrons. The van der Waals surface area contributed by atoms with Crippen molar-refractivity contribution in [3.8, 4) is 0 Å². The Labute approximate surface area is 249 Å². The minimum absolute atomic E-state index is 0.0126. The first kappa shape index (κ1) is 28.9. The van der Waals surface area contributed by atoms with Gasteiger partial charge in [0, 0.05) is 63.6 Å². The molecule has 0 aliphatic carbocycles. The second kappa shape index (κ2) is 13.3. The van der Waals surface area contributed by atoms with Crippen LogP contribution in [0.25, 0.3) is 11.0 Å². The van der Waals surface area contributed by atoms with Crippen LogP contribution < -0.4 is 10.2 Å². The van der Waals surface area contributed by atoms with Gasteiger partial charge < -0.3 is 20.1 Å². The van der Waals surface area contributed by atoms with Gasteiger partial charge in [-0.1, -0.05) is 35.3 Å². The van der Waals surface area contributed by atoms with Gasteiger partial charge in [0.2, 0.25) is 5.91 Å². The van der Waals surface area contributed by atoms with E-state index >= 15 is 0 Å². The van der Waals surface area contributed by atoms with Gasteiger partial charge in [0.05, 0.1) is 15.4 Å². The van der Waals surface area contributed by atoms with Gasteiger partial charge in [-0.3, -0.25) is 14.5 Å². The molecule has 1 saturated heterocycles. The Bertz CT molecular complexity index is 1520. The largest absolute Gasteiger partial charge is 0.355 e. The van der Waals surface area contributed by atoms with E-state index in [0.717, 1.165) is 49.2 Å². The first-order valence-corrected chi connectivity index (χ1v) is 14.5. The summed E-state index contributed by atoms with van der Waals surface area (Å²) in [6.07, 6.45) is 5.28. The number of carbonyl (C=O) groups excluding carboxylic acids is 2. The van der Waals surface area contributed by atoms with Crippen molar-refractivity contribution in [3.63, 3.8) is 0 Å². The van der Waals surface area contributed by atoms with E-state index < -0.39 is 0 Å². The predicted octanol–water partition coefficient (Wildman–Crippen LogP) is 4.93. The summed E-state index contributed by atoms with van der Waals surface area (Å²) in [4.78, 5) is 43.4. The highest BCUT2D eigenvalue weighted by Crippen LogP contribution is 2.30.